The van der Waals surface area contributed by atoms with Crippen LogP contribution in [0.3, 0.4) is 0 Å². The van der Waals surface area contributed by atoms with E-state index >= 15 is 0 Å². The first-order chi connectivity index (χ1) is 12.7. The Morgan fingerprint density at radius 2 is 1.73 bits per heavy atom. The lowest BCUT2D eigenvalue weighted by molar-refractivity contribution is -0.120. The molecular weight excluding hydrogens is 340 g/mol. The van der Waals surface area contributed by atoms with Crippen LogP contribution in [-0.2, 0) is 17.6 Å². The summed E-state index contributed by atoms with van der Waals surface area (Å²) in [7, 11) is 0. The molecule has 0 radical (unpaired) electrons. The summed E-state index contributed by atoms with van der Waals surface area (Å²) < 4.78 is 0. The quantitative estimate of drug-likeness (QED) is 0.583. The van der Waals surface area contributed by atoms with Gasteiger partial charge in [-0.15, -0.1) is 11.3 Å². The van der Waals surface area contributed by atoms with E-state index in [0.29, 0.717) is 6.42 Å². The second-order valence-electron chi connectivity index (χ2n) is 6.43. The zero-order chi connectivity index (χ0) is 18.2. The molecule has 1 aromatic heterocycles. The van der Waals surface area contributed by atoms with Gasteiger partial charge in [0, 0.05) is 17.6 Å². The molecule has 4 heteroatoms. The second kappa shape index (κ2) is 9.30. The maximum absolute atomic E-state index is 12.1. The predicted molar refractivity (Wildman–Crippen MR) is 108 cm³/mol. The van der Waals surface area contributed by atoms with Crippen molar-refractivity contribution in [3.05, 3.63) is 76.2 Å². The van der Waals surface area contributed by atoms with Crippen molar-refractivity contribution in [2.45, 2.75) is 32.6 Å². The van der Waals surface area contributed by atoms with E-state index in [1.807, 2.05) is 37.3 Å². The molecule has 0 saturated heterocycles. The molecule has 1 N–H and O–H groups in total. The number of aromatic nitrogens is 1. The summed E-state index contributed by atoms with van der Waals surface area (Å²) in [5.74, 6) is 0.0857. The maximum Gasteiger partial charge on any atom is 0.224 e. The molecule has 3 aromatic rings. The number of rotatable bonds is 8. The van der Waals surface area contributed by atoms with Crippen molar-refractivity contribution < 1.29 is 4.79 Å². The van der Waals surface area contributed by atoms with Crippen molar-refractivity contribution in [3.63, 3.8) is 0 Å². The highest BCUT2D eigenvalue weighted by Crippen LogP contribution is 2.19. The smallest absolute Gasteiger partial charge is 0.224 e. The van der Waals surface area contributed by atoms with Crippen LogP contribution in [0.5, 0.6) is 0 Å². The highest BCUT2D eigenvalue weighted by Gasteiger charge is 2.04. The van der Waals surface area contributed by atoms with E-state index in [1.165, 1.54) is 16.1 Å². The average Bonchev–Trinajstić information content (AvgIpc) is 3.08. The van der Waals surface area contributed by atoms with Crippen LogP contribution in [0.2, 0.25) is 0 Å². The van der Waals surface area contributed by atoms with Gasteiger partial charge in [-0.3, -0.25) is 4.79 Å². The number of amides is 1. The number of benzene rings is 2. The van der Waals surface area contributed by atoms with Crippen molar-refractivity contribution >= 4 is 17.2 Å². The Hall–Kier alpha value is -2.46. The monoisotopic (exact) mass is 364 g/mol. The van der Waals surface area contributed by atoms with Crippen LogP contribution in [0.25, 0.3) is 11.1 Å². The molecule has 2 aromatic carbocycles. The van der Waals surface area contributed by atoms with E-state index in [-0.39, 0.29) is 5.91 Å². The maximum atomic E-state index is 12.1. The van der Waals surface area contributed by atoms with Gasteiger partial charge in [-0.25, -0.2) is 4.98 Å². The van der Waals surface area contributed by atoms with Crippen LogP contribution in [0.15, 0.2) is 60.0 Å². The third-order valence-electron chi connectivity index (χ3n) is 4.23. The lowest BCUT2D eigenvalue weighted by atomic mass is 10.0. The minimum Gasteiger partial charge on any atom is -0.356 e. The summed E-state index contributed by atoms with van der Waals surface area (Å²) in [4.78, 5) is 16.5. The van der Waals surface area contributed by atoms with Gasteiger partial charge in [0.15, 0.2) is 0 Å². The molecule has 0 saturated carbocycles. The minimum atomic E-state index is 0.0857. The first-order valence-electron chi connectivity index (χ1n) is 9.03. The van der Waals surface area contributed by atoms with Crippen LogP contribution in [0.4, 0.5) is 0 Å². The molecule has 0 bridgehead atoms. The Morgan fingerprint density at radius 1 is 1.00 bits per heavy atom. The van der Waals surface area contributed by atoms with Gasteiger partial charge in [0.2, 0.25) is 5.91 Å². The van der Waals surface area contributed by atoms with Gasteiger partial charge in [-0.05, 0) is 42.9 Å². The van der Waals surface area contributed by atoms with E-state index in [9.17, 15) is 4.79 Å². The molecule has 3 nitrogen and oxygen atoms in total. The summed E-state index contributed by atoms with van der Waals surface area (Å²) in [5, 5.41) is 6.28. The van der Waals surface area contributed by atoms with Crippen LogP contribution >= 0.6 is 11.3 Å². The van der Waals surface area contributed by atoms with Crippen molar-refractivity contribution in [1.29, 1.82) is 0 Å². The highest BCUT2D eigenvalue weighted by atomic mass is 32.1. The normalized spacial score (nSPS) is 10.7. The number of carbonyl (C=O) groups is 1. The summed E-state index contributed by atoms with van der Waals surface area (Å²) in [6.45, 7) is 2.75. The van der Waals surface area contributed by atoms with Gasteiger partial charge >= 0.3 is 0 Å². The Labute approximate surface area is 159 Å². The topological polar surface area (TPSA) is 42.0 Å². The number of nitrogens with one attached hydrogen (secondary N) is 1. The molecule has 0 aliphatic rings. The standard InChI is InChI=1S/C22H24N2OS/c1-17-16-26-22(24-17)9-5-6-14-23-21(25)15-18-10-12-20(13-11-18)19-7-3-2-4-8-19/h2-4,7-8,10-13,16H,5-6,9,14-15H2,1H3,(H,23,25). The SMILES string of the molecule is Cc1csc(CCCCNC(=O)Cc2ccc(-c3ccccc3)cc2)n1. The Bertz CT molecular complexity index is 825. The van der Waals surface area contributed by atoms with Gasteiger partial charge in [0.05, 0.1) is 11.4 Å². The molecule has 134 valence electrons. The molecule has 0 aliphatic carbocycles. The molecule has 0 aliphatic heterocycles. The fraction of sp³-hybridized carbons (Fsp3) is 0.273. The average molecular weight is 365 g/mol. The first kappa shape index (κ1) is 18.3. The molecule has 3 rings (SSSR count). The number of carbonyl (C=O) groups excluding carboxylic acids is 1. The Morgan fingerprint density at radius 3 is 2.42 bits per heavy atom. The van der Waals surface area contributed by atoms with Crippen LogP contribution in [0, 0.1) is 6.92 Å². The van der Waals surface area contributed by atoms with Gasteiger partial charge in [-0.1, -0.05) is 54.6 Å². The first-order valence-corrected chi connectivity index (χ1v) is 9.91. The van der Waals surface area contributed by atoms with Gasteiger partial charge < -0.3 is 5.32 Å². The molecule has 0 fully saturated rings. The molecule has 0 unspecified atom stereocenters. The summed E-state index contributed by atoms with van der Waals surface area (Å²) in [5.41, 5.74) is 4.50. The number of nitrogens with zero attached hydrogens (tertiary/aromatic N) is 1. The third kappa shape index (κ3) is 5.53. The number of hydrogen-bond donors (Lipinski definition) is 1. The lowest BCUT2D eigenvalue weighted by Gasteiger charge is -2.06. The van der Waals surface area contributed by atoms with Crippen molar-refractivity contribution in [2.75, 3.05) is 6.54 Å². The van der Waals surface area contributed by atoms with Crippen molar-refractivity contribution in [1.82, 2.24) is 10.3 Å². The van der Waals surface area contributed by atoms with Crippen LogP contribution in [-0.4, -0.2) is 17.4 Å². The van der Waals surface area contributed by atoms with Crippen LogP contribution in [0.1, 0.15) is 29.1 Å². The Balaban J connectivity index is 1.38. The summed E-state index contributed by atoms with van der Waals surface area (Å²) in [6, 6.07) is 18.5. The second-order valence-corrected chi connectivity index (χ2v) is 7.37. The molecular formula is C22H24N2OS. The summed E-state index contributed by atoms with van der Waals surface area (Å²) in [6.07, 6.45) is 3.46. The number of aryl methyl sites for hydroxylation is 2. The van der Waals surface area contributed by atoms with E-state index in [1.54, 1.807) is 11.3 Å². The molecule has 1 heterocycles. The molecule has 1 amide bonds. The Kier molecular flexibility index (Phi) is 6.56. The number of hydrogen-bond acceptors (Lipinski definition) is 3. The van der Waals surface area contributed by atoms with E-state index in [0.717, 1.165) is 37.1 Å². The molecule has 0 atom stereocenters. The van der Waals surface area contributed by atoms with Crippen LogP contribution < -0.4 is 5.32 Å². The van der Waals surface area contributed by atoms with E-state index in [4.69, 9.17) is 0 Å². The summed E-state index contributed by atoms with van der Waals surface area (Å²) >= 11 is 1.72. The fourth-order valence-electron chi connectivity index (χ4n) is 2.84. The minimum absolute atomic E-state index is 0.0857. The van der Waals surface area contributed by atoms with Gasteiger partial charge in [-0.2, -0.15) is 0 Å². The molecule has 0 spiro atoms. The zero-order valence-electron chi connectivity index (χ0n) is 15.1. The van der Waals surface area contributed by atoms with Gasteiger partial charge in [0.25, 0.3) is 0 Å². The molecule has 26 heavy (non-hydrogen) atoms. The van der Waals surface area contributed by atoms with Crippen molar-refractivity contribution in [3.8, 4) is 11.1 Å². The largest absolute Gasteiger partial charge is 0.356 e. The highest BCUT2D eigenvalue weighted by molar-refractivity contribution is 7.09. The predicted octanol–water partition coefficient (Wildman–Crippen LogP) is 4.80. The fourth-order valence-corrected chi connectivity index (χ4v) is 3.66. The van der Waals surface area contributed by atoms with Crippen molar-refractivity contribution in [2.24, 2.45) is 0 Å². The number of unbranched alkanes of at least 4 members (excludes halogenated alkanes) is 1. The third-order valence-corrected chi connectivity index (χ3v) is 5.26. The number of thiazole rings is 1. The van der Waals surface area contributed by atoms with E-state index in [2.05, 4.69) is 39.9 Å². The van der Waals surface area contributed by atoms with Gasteiger partial charge in [0.1, 0.15) is 0 Å². The zero-order valence-corrected chi connectivity index (χ0v) is 15.9. The van der Waals surface area contributed by atoms with E-state index < -0.39 is 0 Å². The lowest BCUT2D eigenvalue weighted by Crippen LogP contribution is -2.26.